The summed E-state index contributed by atoms with van der Waals surface area (Å²) in [6.07, 6.45) is 0. The summed E-state index contributed by atoms with van der Waals surface area (Å²) in [5.41, 5.74) is 2.30. The summed E-state index contributed by atoms with van der Waals surface area (Å²) in [6, 6.07) is 9.32. The fourth-order valence-electron chi connectivity index (χ4n) is 2.60. The highest BCUT2D eigenvalue weighted by Gasteiger charge is 2.20. The number of amides is 2. The zero-order chi connectivity index (χ0) is 17.8. The normalized spacial score (nSPS) is 13.7. The predicted octanol–water partition coefficient (Wildman–Crippen LogP) is 3.49. The van der Waals surface area contributed by atoms with E-state index in [9.17, 15) is 9.59 Å². The first-order valence-corrected chi connectivity index (χ1v) is 9.40. The second-order valence-corrected chi connectivity index (χ2v) is 7.54. The van der Waals surface area contributed by atoms with Gasteiger partial charge in [0.2, 0.25) is 0 Å². The van der Waals surface area contributed by atoms with Gasteiger partial charge in [-0.15, -0.1) is 23.7 Å². The molecule has 3 rings (SSSR count). The van der Waals surface area contributed by atoms with Gasteiger partial charge in [0.1, 0.15) is 5.00 Å². The molecule has 1 saturated heterocycles. The van der Waals surface area contributed by atoms with E-state index in [0.29, 0.717) is 34.5 Å². The van der Waals surface area contributed by atoms with Crippen LogP contribution in [-0.4, -0.2) is 31.4 Å². The second-order valence-electron chi connectivity index (χ2n) is 6.63. The summed E-state index contributed by atoms with van der Waals surface area (Å²) in [5, 5.41) is 11.4. The van der Waals surface area contributed by atoms with Gasteiger partial charge in [0, 0.05) is 31.1 Å². The summed E-state index contributed by atoms with van der Waals surface area (Å²) in [4.78, 5) is 24.8. The first-order valence-electron chi connectivity index (χ1n) is 8.52. The first kappa shape index (κ1) is 20.4. The molecule has 0 unspecified atom stereocenters. The maximum absolute atomic E-state index is 12.4. The van der Waals surface area contributed by atoms with Gasteiger partial charge < -0.3 is 16.0 Å². The highest BCUT2D eigenvalue weighted by molar-refractivity contribution is 7.14. The molecule has 140 valence electrons. The summed E-state index contributed by atoms with van der Waals surface area (Å²) < 4.78 is 0. The zero-order valence-corrected chi connectivity index (χ0v) is 16.5. The molecule has 0 bridgehead atoms. The number of hydrogen-bond acceptors (Lipinski definition) is 4. The Kier molecular flexibility index (Phi) is 7.20. The molecule has 0 atom stereocenters. The van der Waals surface area contributed by atoms with Crippen LogP contribution in [-0.2, 0) is 0 Å². The number of anilines is 1. The van der Waals surface area contributed by atoms with Crippen LogP contribution in [0.4, 0.5) is 5.00 Å². The molecule has 0 radical (unpaired) electrons. The second kappa shape index (κ2) is 9.16. The van der Waals surface area contributed by atoms with Crippen LogP contribution >= 0.6 is 23.7 Å². The number of halogens is 1. The maximum Gasteiger partial charge on any atom is 0.256 e. The van der Waals surface area contributed by atoms with E-state index in [2.05, 4.69) is 29.8 Å². The van der Waals surface area contributed by atoms with E-state index in [1.54, 1.807) is 6.07 Å². The van der Waals surface area contributed by atoms with Crippen molar-refractivity contribution in [2.24, 2.45) is 5.92 Å². The Balaban J connectivity index is 0.00000243. The lowest BCUT2D eigenvalue weighted by molar-refractivity contribution is 0.0943. The molecule has 1 aromatic carbocycles. The van der Waals surface area contributed by atoms with Crippen molar-refractivity contribution in [2.45, 2.75) is 19.8 Å². The maximum atomic E-state index is 12.4. The molecule has 0 spiro atoms. The topological polar surface area (TPSA) is 70.2 Å². The number of carbonyl (C=O) groups is 2. The van der Waals surface area contributed by atoms with E-state index in [1.807, 2.05) is 29.6 Å². The number of nitrogens with one attached hydrogen (secondary N) is 3. The summed E-state index contributed by atoms with van der Waals surface area (Å²) >= 11 is 1.36. The van der Waals surface area contributed by atoms with Crippen molar-refractivity contribution in [1.29, 1.82) is 0 Å². The van der Waals surface area contributed by atoms with Crippen LogP contribution in [0.5, 0.6) is 0 Å². The molecular formula is C19H24ClN3O2S. The number of hydrogen-bond donors (Lipinski definition) is 3. The van der Waals surface area contributed by atoms with E-state index in [1.165, 1.54) is 16.9 Å². The van der Waals surface area contributed by atoms with Gasteiger partial charge >= 0.3 is 0 Å². The molecule has 1 aliphatic rings. The van der Waals surface area contributed by atoms with Gasteiger partial charge in [-0.1, -0.05) is 26.0 Å². The number of carbonyl (C=O) groups excluding carboxylic acids is 2. The molecular weight excluding hydrogens is 370 g/mol. The molecule has 7 heteroatoms. The SMILES string of the molecule is CC(C)c1ccc(C(=O)Nc2sccc2C(=O)NCC2CNC2)cc1.Cl. The third-order valence-electron chi connectivity index (χ3n) is 4.39. The van der Waals surface area contributed by atoms with Gasteiger partial charge in [-0.25, -0.2) is 0 Å². The lowest BCUT2D eigenvalue weighted by Gasteiger charge is -2.27. The zero-order valence-electron chi connectivity index (χ0n) is 14.9. The van der Waals surface area contributed by atoms with Gasteiger partial charge in [0.15, 0.2) is 0 Å². The minimum absolute atomic E-state index is 0. The number of rotatable bonds is 6. The van der Waals surface area contributed by atoms with Crippen molar-refractivity contribution >= 4 is 40.6 Å². The van der Waals surface area contributed by atoms with E-state index in [4.69, 9.17) is 0 Å². The molecule has 1 aromatic heterocycles. The summed E-state index contributed by atoms with van der Waals surface area (Å²) in [5.74, 6) is 0.587. The third-order valence-corrected chi connectivity index (χ3v) is 5.22. The summed E-state index contributed by atoms with van der Waals surface area (Å²) in [6.45, 7) is 6.78. The predicted molar refractivity (Wildman–Crippen MR) is 109 cm³/mol. The highest BCUT2D eigenvalue weighted by atomic mass is 35.5. The van der Waals surface area contributed by atoms with Crippen LogP contribution in [0.3, 0.4) is 0 Å². The Morgan fingerprint density at radius 1 is 1.15 bits per heavy atom. The van der Waals surface area contributed by atoms with E-state index in [0.717, 1.165) is 13.1 Å². The fourth-order valence-corrected chi connectivity index (χ4v) is 3.38. The Labute approximate surface area is 164 Å². The van der Waals surface area contributed by atoms with Gasteiger partial charge in [-0.05, 0) is 35.1 Å². The third kappa shape index (κ3) is 4.84. The number of thiophene rings is 1. The van der Waals surface area contributed by atoms with Gasteiger partial charge in [0.25, 0.3) is 11.8 Å². The molecule has 2 heterocycles. The van der Waals surface area contributed by atoms with Crippen molar-refractivity contribution in [2.75, 3.05) is 25.0 Å². The molecule has 0 saturated carbocycles. The monoisotopic (exact) mass is 393 g/mol. The molecule has 2 aromatic rings. The van der Waals surface area contributed by atoms with Gasteiger partial charge in [0.05, 0.1) is 5.56 Å². The Morgan fingerprint density at radius 3 is 2.42 bits per heavy atom. The van der Waals surface area contributed by atoms with Crippen molar-refractivity contribution in [3.05, 3.63) is 52.4 Å². The fraction of sp³-hybridized carbons (Fsp3) is 0.368. The van der Waals surface area contributed by atoms with Crippen LogP contribution in [0.1, 0.15) is 46.0 Å². The molecule has 26 heavy (non-hydrogen) atoms. The van der Waals surface area contributed by atoms with Gasteiger partial charge in [-0.3, -0.25) is 9.59 Å². The first-order chi connectivity index (χ1) is 12.0. The largest absolute Gasteiger partial charge is 0.352 e. The van der Waals surface area contributed by atoms with Crippen molar-refractivity contribution in [3.63, 3.8) is 0 Å². The average molecular weight is 394 g/mol. The molecule has 1 fully saturated rings. The molecule has 5 nitrogen and oxygen atoms in total. The Morgan fingerprint density at radius 2 is 1.85 bits per heavy atom. The lowest BCUT2D eigenvalue weighted by Crippen LogP contribution is -2.48. The van der Waals surface area contributed by atoms with E-state index >= 15 is 0 Å². The average Bonchev–Trinajstić information content (AvgIpc) is 3.01. The van der Waals surface area contributed by atoms with Crippen molar-refractivity contribution in [3.8, 4) is 0 Å². The molecule has 1 aliphatic heterocycles. The molecule has 0 aliphatic carbocycles. The van der Waals surface area contributed by atoms with Crippen LogP contribution in [0, 0.1) is 5.92 Å². The van der Waals surface area contributed by atoms with Crippen LogP contribution in [0.2, 0.25) is 0 Å². The van der Waals surface area contributed by atoms with E-state index in [-0.39, 0.29) is 24.2 Å². The standard InChI is InChI=1S/C19H23N3O2S.ClH/c1-12(2)14-3-5-15(6-4-14)17(23)22-19-16(7-8-25-19)18(24)21-11-13-9-20-10-13;/h3-8,12-13,20H,9-11H2,1-2H3,(H,21,24)(H,22,23);1H. The summed E-state index contributed by atoms with van der Waals surface area (Å²) in [7, 11) is 0. The Hall–Kier alpha value is -1.89. The lowest BCUT2D eigenvalue weighted by atomic mass is 10.0. The molecule has 2 amide bonds. The molecule has 3 N–H and O–H groups in total. The van der Waals surface area contributed by atoms with Crippen molar-refractivity contribution < 1.29 is 9.59 Å². The highest BCUT2D eigenvalue weighted by Crippen LogP contribution is 2.24. The number of benzene rings is 1. The smallest absolute Gasteiger partial charge is 0.256 e. The van der Waals surface area contributed by atoms with Crippen molar-refractivity contribution in [1.82, 2.24) is 10.6 Å². The van der Waals surface area contributed by atoms with Crippen LogP contribution in [0.15, 0.2) is 35.7 Å². The minimum atomic E-state index is -0.199. The van der Waals surface area contributed by atoms with E-state index < -0.39 is 0 Å². The van der Waals surface area contributed by atoms with Crippen LogP contribution < -0.4 is 16.0 Å². The quantitative estimate of drug-likeness (QED) is 0.703. The Bertz CT molecular complexity index is 754. The minimum Gasteiger partial charge on any atom is -0.352 e. The van der Waals surface area contributed by atoms with Gasteiger partial charge in [-0.2, -0.15) is 0 Å². The van der Waals surface area contributed by atoms with Crippen LogP contribution in [0.25, 0.3) is 0 Å².